The second kappa shape index (κ2) is 2.91. The number of hydrogen-bond donors (Lipinski definition) is 1. The van der Waals surface area contributed by atoms with Crippen molar-refractivity contribution in [2.24, 2.45) is 0 Å². The smallest absolute Gasteiger partial charge is 0.251 e. The fourth-order valence-corrected chi connectivity index (χ4v) is 1.52. The van der Waals surface area contributed by atoms with Crippen molar-refractivity contribution >= 4 is 5.78 Å². The van der Waals surface area contributed by atoms with E-state index in [9.17, 15) is 0 Å². The zero-order valence-electron chi connectivity index (χ0n) is 8.18. The highest BCUT2D eigenvalue weighted by Gasteiger charge is 2.07. The number of aromatic amines is 1. The van der Waals surface area contributed by atoms with Crippen LogP contribution in [0.5, 0.6) is 0 Å². The number of pyridine rings is 1. The van der Waals surface area contributed by atoms with Crippen LogP contribution >= 0.6 is 0 Å². The number of aryl methyl sites for hydroxylation is 1. The number of hydrogen-bond acceptors (Lipinski definition) is 3. The van der Waals surface area contributed by atoms with Gasteiger partial charge in [0.1, 0.15) is 11.5 Å². The number of H-pyrrole nitrogens is 1. The summed E-state index contributed by atoms with van der Waals surface area (Å²) in [6.07, 6.45) is 3.64. The van der Waals surface area contributed by atoms with Gasteiger partial charge in [-0.25, -0.2) is 9.50 Å². The van der Waals surface area contributed by atoms with Crippen LogP contribution in [0.1, 0.15) is 5.82 Å². The molecule has 15 heavy (non-hydrogen) atoms. The topological polar surface area (TPSA) is 58.9 Å². The second-order valence-corrected chi connectivity index (χ2v) is 3.32. The molecule has 0 saturated carbocycles. The zero-order valence-corrected chi connectivity index (χ0v) is 8.18. The Bertz CT molecular complexity index is 561. The molecule has 5 nitrogen and oxygen atoms in total. The summed E-state index contributed by atoms with van der Waals surface area (Å²) >= 11 is 0. The molecule has 3 heterocycles. The monoisotopic (exact) mass is 199 g/mol. The van der Waals surface area contributed by atoms with Crippen LogP contribution < -0.4 is 0 Å². The summed E-state index contributed by atoms with van der Waals surface area (Å²) in [6.45, 7) is 1.90. The van der Waals surface area contributed by atoms with Gasteiger partial charge in [-0.15, -0.1) is 0 Å². The third kappa shape index (κ3) is 1.28. The highest BCUT2D eigenvalue weighted by atomic mass is 15.3. The first-order chi connectivity index (χ1) is 7.33. The molecule has 0 radical (unpaired) electrons. The summed E-state index contributed by atoms with van der Waals surface area (Å²) in [6, 6.07) is 5.75. The van der Waals surface area contributed by atoms with E-state index >= 15 is 0 Å². The van der Waals surface area contributed by atoms with E-state index in [4.69, 9.17) is 0 Å². The molecule has 0 aliphatic rings. The average molecular weight is 199 g/mol. The van der Waals surface area contributed by atoms with Gasteiger partial charge in [-0.1, -0.05) is 6.07 Å². The lowest BCUT2D eigenvalue weighted by molar-refractivity contribution is 0.940. The summed E-state index contributed by atoms with van der Waals surface area (Å²) in [4.78, 5) is 12.8. The van der Waals surface area contributed by atoms with Crippen molar-refractivity contribution in [1.29, 1.82) is 0 Å². The molecule has 0 fully saturated rings. The molecule has 0 saturated heterocycles. The lowest BCUT2D eigenvalue weighted by Gasteiger charge is -1.91. The molecule has 0 bridgehead atoms. The van der Waals surface area contributed by atoms with Crippen molar-refractivity contribution in [2.45, 2.75) is 6.92 Å². The first-order valence-corrected chi connectivity index (χ1v) is 4.66. The SMILES string of the molecule is Cc1nc2nc(-c3ccccn3)cn2[nH]1. The van der Waals surface area contributed by atoms with E-state index in [1.54, 1.807) is 10.7 Å². The average Bonchev–Trinajstić information content (AvgIpc) is 2.76. The van der Waals surface area contributed by atoms with E-state index in [1.165, 1.54) is 0 Å². The predicted octanol–water partition coefficient (Wildman–Crippen LogP) is 1.43. The molecule has 1 N–H and O–H groups in total. The number of fused-ring (bicyclic) bond motifs is 1. The van der Waals surface area contributed by atoms with E-state index in [0.29, 0.717) is 5.78 Å². The lowest BCUT2D eigenvalue weighted by Crippen LogP contribution is -1.83. The molecular formula is C10H9N5. The number of rotatable bonds is 1. The van der Waals surface area contributed by atoms with Gasteiger partial charge in [0.25, 0.3) is 5.78 Å². The summed E-state index contributed by atoms with van der Waals surface area (Å²) in [5.74, 6) is 1.53. The summed E-state index contributed by atoms with van der Waals surface area (Å²) < 4.78 is 1.79. The fourth-order valence-electron chi connectivity index (χ4n) is 1.52. The van der Waals surface area contributed by atoms with Crippen molar-refractivity contribution < 1.29 is 0 Å². The van der Waals surface area contributed by atoms with Crippen LogP contribution in [0.2, 0.25) is 0 Å². The summed E-state index contributed by atoms with van der Waals surface area (Å²) in [5.41, 5.74) is 1.68. The second-order valence-electron chi connectivity index (χ2n) is 3.32. The molecule has 3 rings (SSSR count). The first-order valence-electron chi connectivity index (χ1n) is 4.66. The van der Waals surface area contributed by atoms with Crippen molar-refractivity contribution in [3.8, 4) is 11.4 Å². The Balaban J connectivity index is 2.16. The van der Waals surface area contributed by atoms with Crippen molar-refractivity contribution in [3.05, 3.63) is 36.4 Å². The molecule has 3 aromatic rings. The maximum Gasteiger partial charge on any atom is 0.251 e. The first kappa shape index (κ1) is 8.16. The normalized spacial score (nSPS) is 11.0. The Labute approximate surface area is 85.8 Å². The Morgan fingerprint density at radius 1 is 1.20 bits per heavy atom. The summed E-state index contributed by atoms with van der Waals surface area (Å²) in [7, 11) is 0. The third-order valence-electron chi connectivity index (χ3n) is 2.16. The lowest BCUT2D eigenvalue weighted by atomic mass is 10.3. The van der Waals surface area contributed by atoms with Crippen molar-refractivity contribution in [3.63, 3.8) is 0 Å². The van der Waals surface area contributed by atoms with Crippen LogP contribution in [0.4, 0.5) is 0 Å². The minimum Gasteiger partial charge on any atom is -0.278 e. The molecule has 5 heteroatoms. The molecule has 0 spiro atoms. The van der Waals surface area contributed by atoms with Gasteiger partial charge in [-0.2, -0.15) is 4.98 Å². The van der Waals surface area contributed by atoms with Crippen molar-refractivity contribution in [2.75, 3.05) is 0 Å². The van der Waals surface area contributed by atoms with Gasteiger partial charge in [0.15, 0.2) is 0 Å². The number of aromatic nitrogens is 5. The molecular weight excluding hydrogens is 190 g/mol. The van der Waals surface area contributed by atoms with Gasteiger partial charge >= 0.3 is 0 Å². The number of nitrogens with one attached hydrogen (secondary N) is 1. The Morgan fingerprint density at radius 2 is 2.13 bits per heavy atom. The molecule has 3 aromatic heterocycles. The Kier molecular flexibility index (Phi) is 1.58. The van der Waals surface area contributed by atoms with Crippen LogP contribution in [0.3, 0.4) is 0 Å². The van der Waals surface area contributed by atoms with Gasteiger partial charge in [0, 0.05) is 6.20 Å². The minimum atomic E-state index is 0.674. The van der Waals surface area contributed by atoms with Crippen LogP contribution in [-0.2, 0) is 0 Å². The zero-order chi connectivity index (χ0) is 10.3. The van der Waals surface area contributed by atoms with Gasteiger partial charge in [-0.3, -0.25) is 10.1 Å². The molecule has 0 atom stereocenters. The van der Waals surface area contributed by atoms with E-state index in [0.717, 1.165) is 17.2 Å². The molecule has 74 valence electrons. The largest absolute Gasteiger partial charge is 0.278 e. The van der Waals surface area contributed by atoms with E-state index in [-0.39, 0.29) is 0 Å². The minimum absolute atomic E-state index is 0.674. The van der Waals surface area contributed by atoms with E-state index in [2.05, 4.69) is 20.1 Å². The molecule has 0 unspecified atom stereocenters. The third-order valence-corrected chi connectivity index (χ3v) is 2.16. The molecule has 0 amide bonds. The van der Waals surface area contributed by atoms with Gasteiger partial charge < -0.3 is 0 Å². The van der Waals surface area contributed by atoms with Gasteiger partial charge in [0.05, 0.1) is 11.9 Å². The predicted molar refractivity (Wildman–Crippen MR) is 55.3 cm³/mol. The number of nitrogens with zero attached hydrogens (tertiary/aromatic N) is 4. The van der Waals surface area contributed by atoms with Crippen LogP contribution in [0.25, 0.3) is 17.2 Å². The quantitative estimate of drug-likeness (QED) is 0.645. The highest BCUT2D eigenvalue weighted by Crippen LogP contribution is 2.14. The molecule has 0 aliphatic heterocycles. The fraction of sp³-hybridized carbons (Fsp3) is 0.100. The van der Waals surface area contributed by atoms with Gasteiger partial charge in [-0.05, 0) is 19.1 Å². The van der Waals surface area contributed by atoms with Crippen LogP contribution in [0.15, 0.2) is 30.6 Å². The highest BCUT2D eigenvalue weighted by molar-refractivity contribution is 5.56. The Morgan fingerprint density at radius 3 is 2.87 bits per heavy atom. The van der Waals surface area contributed by atoms with Gasteiger partial charge in [0.2, 0.25) is 0 Å². The molecule has 0 aliphatic carbocycles. The maximum atomic E-state index is 4.36. The molecule has 0 aromatic carbocycles. The summed E-state index contributed by atoms with van der Waals surface area (Å²) in [5, 5.41) is 3.06. The van der Waals surface area contributed by atoms with Crippen molar-refractivity contribution in [1.82, 2.24) is 24.6 Å². The van der Waals surface area contributed by atoms with E-state index in [1.807, 2.05) is 31.3 Å². The number of imidazole rings is 1. The standard InChI is InChI=1S/C10H9N5/c1-7-12-10-13-9(6-15(10)14-7)8-4-2-3-5-11-8/h2-6H,1H3,(H,12,13,14). The van der Waals surface area contributed by atoms with Crippen LogP contribution in [-0.4, -0.2) is 24.6 Å². The maximum absolute atomic E-state index is 4.36. The van der Waals surface area contributed by atoms with Crippen LogP contribution in [0, 0.1) is 6.92 Å². The van der Waals surface area contributed by atoms with E-state index < -0.39 is 0 Å². The Hall–Kier alpha value is -2.17.